The van der Waals surface area contributed by atoms with Crippen LogP contribution in [0.1, 0.15) is 35.9 Å². The maximum Gasteiger partial charge on any atom is 0.289 e. The number of amides is 1. The van der Waals surface area contributed by atoms with Crippen molar-refractivity contribution >= 4 is 5.91 Å². The van der Waals surface area contributed by atoms with Crippen LogP contribution in [-0.2, 0) is 6.42 Å². The molecule has 1 fully saturated rings. The third-order valence-electron chi connectivity index (χ3n) is 5.35. The van der Waals surface area contributed by atoms with Gasteiger partial charge in [-0.25, -0.2) is 4.39 Å². The molecule has 5 nitrogen and oxygen atoms in total. The fraction of sp³-hybridized carbons (Fsp3) is 0.500. The molecule has 0 saturated carbocycles. The maximum absolute atomic E-state index is 13.4. The van der Waals surface area contributed by atoms with Gasteiger partial charge in [-0.2, -0.15) is 0 Å². The minimum Gasteiger partial charge on any atom is -0.468 e. The van der Waals surface area contributed by atoms with E-state index in [2.05, 4.69) is 4.90 Å². The highest BCUT2D eigenvalue weighted by Crippen LogP contribution is 2.21. The number of nitrogens with zero attached hydrogens (tertiary/aromatic N) is 2. The van der Waals surface area contributed by atoms with Crippen LogP contribution in [0.25, 0.3) is 0 Å². The van der Waals surface area contributed by atoms with Crippen LogP contribution in [0.3, 0.4) is 0 Å². The molecule has 0 spiro atoms. The van der Waals surface area contributed by atoms with Crippen molar-refractivity contribution in [2.75, 3.05) is 39.8 Å². The Bertz CT molecular complexity index is 777. The van der Waals surface area contributed by atoms with E-state index < -0.39 is 0 Å². The summed E-state index contributed by atoms with van der Waals surface area (Å²) in [4.78, 5) is 17.0. The zero-order chi connectivity index (χ0) is 19.9. The van der Waals surface area contributed by atoms with Crippen molar-refractivity contribution in [2.24, 2.45) is 5.92 Å². The molecule has 6 heteroatoms. The van der Waals surface area contributed by atoms with Crippen LogP contribution >= 0.6 is 0 Å². The first kappa shape index (κ1) is 20.4. The van der Waals surface area contributed by atoms with Gasteiger partial charge in [0.15, 0.2) is 5.76 Å². The summed E-state index contributed by atoms with van der Waals surface area (Å²) in [5.74, 6) is 0.823. The van der Waals surface area contributed by atoms with Crippen molar-refractivity contribution in [3.05, 3.63) is 53.5 Å². The average Bonchev–Trinajstić information content (AvgIpc) is 3.20. The summed E-state index contributed by atoms with van der Waals surface area (Å²) in [6, 6.07) is 10.1. The molecule has 1 aromatic heterocycles. The first-order chi connectivity index (χ1) is 13.6. The average molecular weight is 388 g/mol. The van der Waals surface area contributed by atoms with Crippen molar-refractivity contribution in [1.82, 2.24) is 9.80 Å². The van der Waals surface area contributed by atoms with Gasteiger partial charge in [-0.05, 0) is 62.4 Å². The highest BCUT2D eigenvalue weighted by Gasteiger charge is 2.25. The predicted molar refractivity (Wildman–Crippen MR) is 106 cm³/mol. The Morgan fingerprint density at radius 1 is 1.36 bits per heavy atom. The number of furan rings is 1. The van der Waals surface area contributed by atoms with Gasteiger partial charge in [0.05, 0.1) is 7.11 Å². The summed E-state index contributed by atoms with van der Waals surface area (Å²) >= 11 is 0. The monoisotopic (exact) mass is 388 g/mol. The fourth-order valence-electron chi connectivity index (χ4n) is 3.85. The molecule has 0 unspecified atom stereocenters. The Morgan fingerprint density at radius 2 is 2.21 bits per heavy atom. The first-order valence-electron chi connectivity index (χ1n) is 9.99. The molecule has 0 aliphatic carbocycles. The van der Waals surface area contributed by atoms with Crippen LogP contribution in [-0.4, -0.2) is 55.5 Å². The number of carbonyl (C=O) groups excluding carboxylic acids is 1. The number of carbonyl (C=O) groups is 1. The normalized spacial score (nSPS) is 17.5. The van der Waals surface area contributed by atoms with Crippen molar-refractivity contribution in [3.8, 4) is 5.95 Å². The zero-order valence-electron chi connectivity index (χ0n) is 16.7. The third kappa shape index (κ3) is 5.35. The molecule has 152 valence electrons. The summed E-state index contributed by atoms with van der Waals surface area (Å²) in [5, 5.41) is 0. The van der Waals surface area contributed by atoms with Gasteiger partial charge in [0.2, 0.25) is 0 Å². The van der Waals surface area contributed by atoms with Gasteiger partial charge >= 0.3 is 0 Å². The lowest BCUT2D eigenvalue weighted by atomic mass is 9.96. The lowest BCUT2D eigenvalue weighted by Crippen LogP contribution is -2.43. The number of methoxy groups -OCH3 is 1. The van der Waals surface area contributed by atoms with Crippen LogP contribution in [0.2, 0.25) is 0 Å². The zero-order valence-corrected chi connectivity index (χ0v) is 16.7. The summed E-state index contributed by atoms with van der Waals surface area (Å²) in [5.41, 5.74) is 1.03. The van der Waals surface area contributed by atoms with E-state index in [9.17, 15) is 9.18 Å². The predicted octanol–water partition coefficient (Wildman–Crippen LogP) is 3.84. The summed E-state index contributed by atoms with van der Waals surface area (Å²) in [6.07, 6.45) is 3.07. The van der Waals surface area contributed by atoms with Crippen LogP contribution < -0.4 is 4.74 Å². The quantitative estimate of drug-likeness (QED) is 0.689. The van der Waals surface area contributed by atoms with E-state index in [1.54, 1.807) is 24.3 Å². The number of halogens is 1. The van der Waals surface area contributed by atoms with Gasteiger partial charge < -0.3 is 19.0 Å². The standard InChI is InChI=1S/C22H29FN2O3/c1-3-25(22(26)20-9-10-21(27-2)28-20)16-18-7-5-12-24(15-18)13-11-17-6-4-8-19(23)14-17/h4,6,8-10,14,18H,3,5,7,11-13,15-16H2,1-2H3/t18-/m0/s1. The number of benzene rings is 1. The van der Waals surface area contributed by atoms with E-state index in [0.29, 0.717) is 24.2 Å². The Kier molecular flexibility index (Phi) is 7.09. The Labute approximate surface area is 166 Å². The summed E-state index contributed by atoms with van der Waals surface area (Å²) < 4.78 is 23.8. The number of hydrogen-bond acceptors (Lipinski definition) is 4. The van der Waals surface area contributed by atoms with Crippen LogP contribution in [0, 0.1) is 11.7 Å². The largest absolute Gasteiger partial charge is 0.468 e. The second-order valence-corrected chi connectivity index (χ2v) is 7.36. The minimum absolute atomic E-state index is 0.0947. The maximum atomic E-state index is 13.4. The topological polar surface area (TPSA) is 45.9 Å². The molecular formula is C22H29FN2O3. The highest BCUT2D eigenvalue weighted by molar-refractivity contribution is 5.91. The van der Waals surface area contributed by atoms with Gasteiger partial charge in [0, 0.05) is 32.2 Å². The van der Waals surface area contributed by atoms with Crippen LogP contribution in [0.4, 0.5) is 4.39 Å². The SMILES string of the molecule is CCN(C[C@H]1CCCN(CCc2cccc(F)c2)C1)C(=O)c1ccc(OC)o1. The number of likely N-dealkylation sites (tertiary alicyclic amines) is 1. The third-order valence-corrected chi connectivity index (χ3v) is 5.35. The molecule has 0 bridgehead atoms. The van der Waals surface area contributed by atoms with E-state index in [4.69, 9.17) is 9.15 Å². The van der Waals surface area contributed by atoms with Crippen molar-refractivity contribution in [1.29, 1.82) is 0 Å². The van der Waals surface area contributed by atoms with E-state index in [1.165, 1.54) is 13.2 Å². The van der Waals surface area contributed by atoms with Crippen LogP contribution in [0.5, 0.6) is 5.95 Å². The molecule has 1 atom stereocenters. The van der Waals surface area contributed by atoms with Gasteiger partial charge in [-0.15, -0.1) is 0 Å². The summed E-state index contributed by atoms with van der Waals surface area (Å²) in [7, 11) is 1.52. The molecule has 3 rings (SSSR count). The molecule has 1 amide bonds. The van der Waals surface area contributed by atoms with Gasteiger partial charge in [-0.1, -0.05) is 12.1 Å². The second-order valence-electron chi connectivity index (χ2n) is 7.36. The van der Waals surface area contributed by atoms with E-state index in [0.717, 1.165) is 51.0 Å². The lowest BCUT2D eigenvalue weighted by molar-refractivity contribution is 0.0654. The fourth-order valence-corrected chi connectivity index (χ4v) is 3.85. The first-order valence-corrected chi connectivity index (χ1v) is 9.99. The molecule has 1 aliphatic heterocycles. The highest BCUT2D eigenvalue weighted by atomic mass is 19.1. The minimum atomic E-state index is -0.180. The van der Waals surface area contributed by atoms with E-state index in [-0.39, 0.29) is 11.7 Å². The van der Waals surface area contributed by atoms with E-state index >= 15 is 0 Å². The number of hydrogen-bond donors (Lipinski definition) is 0. The van der Waals surface area contributed by atoms with Gasteiger partial charge in [0.1, 0.15) is 5.82 Å². The van der Waals surface area contributed by atoms with Crippen molar-refractivity contribution in [3.63, 3.8) is 0 Å². The van der Waals surface area contributed by atoms with Crippen molar-refractivity contribution in [2.45, 2.75) is 26.2 Å². The lowest BCUT2D eigenvalue weighted by Gasteiger charge is -2.35. The smallest absolute Gasteiger partial charge is 0.289 e. The van der Waals surface area contributed by atoms with Gasteiger partial charge in [-0.3, -0.25) is 4.79 Å². The summed E-state index contributed by atoms with van der Waals surface area (Å²) in [6.45, 7) is 6.27. The Hall–Kier alpha value is -2.34. The Morgan fingerprint density at radius 3 is 2.93 bits per heavy atom. The molecule has 0 radical (unpaired) electrons. The second kappa shape index (κ2) is 9.73. The van der Waals surface area contributed by atoms with Gasteiger partial charge in [0.25, 0.3) is 11.9 Å². The molecular weight excluding hydrogens is 359 g/mol. The molecule has 2 heterocycles. The molecule has 0 N–H and O–H groups in total. The molecule has 1 saturated heterocycles. The number of ether oxygens (including phenoxy) is 1. The molecule has 1 aliphatic rings. The van der Waals surface area contributed by atoms with E-state index in [1.807, 2.05) is 17.9 Å². The molecule has 2 aromatic rings. The number of rotatable bonds is 8. The molecule has 1 aromatic carbocycles. The number of piperidine rings is 1. The van der Waals surface area contributed by atoms with Crippen LogP contribution in [0.15, 0.2) is 40.8 Å². The Balaban J connectivity index is 1.53. The molecule has 28 heavy (non-hydrogen) atoms. The van der Waals surface area contributed by atoms with Crippen molar-refractivity contribution < 1.29 is 18.3 Å².